The highest BCUT2D eigenvalue weighted by Gasteiger charge is 2.76. The Morgan fingerprint density at radius 2 is 1.89 bits per heavy atom. The van der Waals surface area contributed by atoms with E-state index in [1.54, 1.807) is 33.9 Å². The second-order valence-electron chi connectivity index (χ2n) is 14.7. The molecule has 9 atom stereocenters. The van der Waals surface area contributed by atoms with E-state index >= 15 is 4.79 Å². The largest absolute Gasteiger partial charge is 0.455 e. The molecule has 3 saturated heterocycles. The van der Waals surface area contributed by atoms with Crippen molar-refractivity contribution in [2.24, 2.45) is 17.8 Å². The summed E-state index contributed by atoms with van der Waals surface area (Å²) >= 11 is 0. The summed E-state index contributed by atoms with van der Waals surface area (Å²) in [6.07, 6.45) is 3.66. The van der Waals surface area contributed by atoms with Gasteiger partial charge < -0.3 is 34.4 Å². The van der Waals surface area contributed by atoms with Crippen LogP contribution in [0.2, 0.25) is 0 Å². The van der Waals surface area contributed by atoms with E-state index in [0.717, 1.165) is 5.52 Å². The van der Waals surface area contributed by atoms with Crippen molar-refractivity contribution in [2.75, 3.05) is 26.9 Å². The van der Waals surface area contributed by atoms with Crippen molar-refractivity contribution in [3.8, 4) is 0 Å². The quantitative estimate of drug-likeness (QED) is 0.137. The van der Waals surface area contributed by atoms with Gasteiger partial charge in [-0.25, -0.2) is 4.68 Å². The van der Waals surface area contributed by atoms with Gasteiger partial charge in [0.05, 0.1) is 48.8 Å². The molecule has 0 aliphatic carbocycles. The summed E-state index contributed by atoms with van der Waals surface area (Å²) in [5.41, 5.74) is 0.662. The highest BCUT2D eigenvalue weighted by atomic mass is 16.6. The number of rotatable bonds is 19. The van der Waals surface area contributed by atoms with Gasteiger partial charge in [-0.05, 0) is 42.9 Å². The van der Waals surface area contributed by atoms with E-state index in [-0.39, 0.29) is 44.7 Å². The van der Waals surface area contributed by atoms with Gasteiger partial charge in [-0.15, -0.1) is 18.3 Å². The minimum Gasteiger partial charge on any atom is -0.455 e. The average molecular weight is 757 g/mol. The number of esters is 1. The molecule has 0 radical (unpaired) electrons. The number of allylic oxidation sites excluding steroid dienone is 1. The van der Waals surface area contributed by atoms with Crippen molar-refractivity contribution >= 4 is 34.7 Å². The normalized spacial score (nSPS) is 24.9. The molecule has 1 spiro atoms. The monoisotopic (exact) mass is 756 g/mol. The molecule has 2 aromatic carbocycles. The standard InChI is InChI=1S/C41H52N6O8/c1-6-9-19-33(49)42-29(24-53-5)36(27-15-11-10-12-16-27)54-40(52)34-32-20-21-41(55-32)35(34)38(50)47(31(23-48)26(4)8-3)37(41)39(51)45(22-7-2)25-46-30-18-14-13-17-28(30)43-44-46/h6-7,10-18,26,29,31-32,34-37,48H,1-2,8-9,19-25H2,3-5H3,(H,42,49)/t26-,29+,31-,32+,34-,35-,36+,37+,41-/m0/s1. The Labute approximate surface area is 321 Å². The number of fused-ring (bicyclic) bond motifs is 2. The third-order valence-corrected chi connectivity index (χ3v) is 11.5. The molecular weight excluding hydrogens is 704 g/mol. The van der Waals surface area contributed by atoms with E-state index in [1.165, 1.54) is 12.0 Å². The molecule has 4 heterocycles. The molecule has 2 bridgehead atoms. The Balaban J connectivity index is 1.36. The van der Waals surface area contributed by atoms with Gasteiger partial charge in [0.2, 0.25) is 17.7 Å². The first-order valence-corrected chi connectivity index (χ1v) is 19.1. The molecule has 55 heavy (non-hydrogen) atoms. The van der Waals surface area contributed by atoms with Crippen LogP contribution < -0.4 is 5.32 Å². The minimum absolute atomic E-state index is 0.0187. The molecule has 2 N–H and O–H groups in total. The van der Waals surface area contributed by atoms with Crippen LogP contribution >= 0.6 is 0 Å². The van der Waals surface area contributed by atoms with Crippen molar-refractivity contribution in [3.63, 3.8) is 0 Å². The lowest BCUT2D eigenvalue weighted by molar-refractivity contribution is -0.164. The van der Waals surface area contributed by atoms with E-state index < -0.39 is 65.6 Å². The number of carbonyl (C=O) groups is 4. The third-order valence-electron chi connectivity index (χ3n) is 11.5. The molecule has 294 valence electrons. The van der Waals surface area contributed by atoms with Crippen molar-refractivity contribution in [1.82, 2.24) is 30.1 Å². The summed E-state index contributed by atoms with van der Waals surface area (Å²) in [6, 6.07) is 13.8. The fourth-order valence-corrected chi connectivity index (χ4v) is 8.66. The van der Waals surface area contributed by atoms with E-state index in [9.17, 15) is 19.5 Å². The molecule has 3 amide bonds. The molecule has 3 fully saturated rings. The number of aliphatic hydroxyl groups excluding tert-OH is 1. The summed E-state index contributed by atoms with van der Waals surface area (Å²) < 4.78 is 20.2. The topological polar surface area (TPSA) is 165 Å². The van der Waals surface area contributed by atoms with Crippen LogP contribution in [0.25, 0.3) is 11.0 Å². The Morgan fingerprint density at radius 1 is 1.15 bits per heavy atom. The maximum Gasteiger partial charge on any atom is 0.313 e. The number of amides is 3. The van der Waals surface area contributed by atoms with Crippen molar-refractivity contribution < 1.29 is 38.5 Å². The lowest BCUT2D eigenvalue weighted by Crippen LogP contribution is -2.60. The Bertz CT molecular complexity index is 1870. The van der Waals surface area contributed by atoms with Gasteiger partial charge in [-0.3, -0.25) is 19.2 Å². The summed E-state index contributed by atoms with van der Waals surface area (Å²) in [6.45, 7) is 11.3. The molecule has 0 saturated carbocycles. The maximum atomic E-state index is 15.1. The second-order valence-corrected chi connectivity index (χ2v) is 14.7. The predicted molar refractivity (Wildman–Crippen MR) is 203 cm³/mol. The second kappa shape index (κ2) is 17.3. The number of hydrogen-bond acceptors (Lipinski definition) is 10. The zero-order chi connectivity index (χ0) is 39.3. The number of benzene rings is 2. The number of hydrogen-bond donors (Lipinski definition) is 2. The maximum absolute atomic E-state index is 15.1. The van der Waals surface area contributed by atoms with E-state index in [1.807, 2.05) is 56.3 Å². The smallest absolute Gasteiger partial charge is 0.313 e. The zero-order valence-corrected chi connectivity index (χ0v) is 31.8. The van der Waals surface area contributed by atoms with Gasteiger partial charge in [0.1, 0.15) is 29.9 Å². The van der Waals surface area contributed by atoms with Gasteiger partial charge >= 0.3 is 5.97 Å². The van der Waals surface area contributed by atoms with Gasteiger partial charge in [-0.1, -0.05) is 80.1 Å². The van der Waals surface area contributed by atoms with Crippen LogP contribution in [0.4, 0.5) is 0 Å². The number of ether oxygens (including phenoxy) is 3. The molecular formula is C41H52N6O8. The number of para-hydroxylation sites is 1. The number of nitrogens with zero attached hydrogens (tertiary/aromatic N) is 5. The summed E-state index contributed by atoms with van der Waals surface area (Å²) in [4.78, 5) is 60.6. The van der Waals surface area contributed by atoms with E-state index in [0.29, 0.717) is 36.8 Å². The highest BCUT2D eigenvalue weighted by molar-refractivity contribution is 5.98. The fraction of sp³-hybridized carbons (Fsp3) is 0.512. The number of likely N-dealkylation sites (tertiary alicyclic amines) is 1. The Kier molecular flexibility index (Phi) is 12.5. The zero-order valence-electron chi connectivity index (χ0n) is 31.8. The van der Waals surface area contributed by atoms with E-state index in [4.69, 9.17) is 14.2 Å². The van der Waals surface area contributed by atoms with Gasteiger partial charge in [0.25, 0.3) is 0 Å². The summed E-state index contributed by atoms with van der Waals surface area (Å²) in [7, 11) is 1.50. The molecule has 14 nitrogen and oxygen atoms in total. The van der Waals surface area contributed by atoms with E-state index in [2.05, 4.69) is 28.8 Å². The highest BCUT2D eigenvalue weighted by Crippen LogP contribution is 2.59. The number of methoxy groups -OCH3 is 1. The molecule has 1 aromatic heterocycles. The van der Waals surface area contributed by atoms with Crippen LogP contribution in [0.5, 0.6) is 0 Å². The number of aromatic nitrogens is 3. The summed E-state index contributed by atoms with van der Waals surface area (Å²) in [5, 5.41) is 22.3. The van der Waals surface area contributed by atoms with Crippen LogP contribution in [0, 0.1) is 17.8 Å². The van der Waals surface area contributed by atoms with Gasteiger partial charge in [0, 0.05) is 20.1 Å². The predicted octanol–water partition coefficient (Wildman–Crippen LogP) is 3.57. The first-order chi connectivity index (χ1) is 26.6. The Morgan fingerprint density at radius 3 is 2.58 bits per heavy atom. The van der Waals surface area contributed by atoms with Gasteiger partial charge in [-0.2, -0.15) is 0 Å². The van der Waals surface area contributed by atoms with Crippen molar-refractivity contribution in [3.05, 3.63) is 85.5 Å². The lowest BCUT2D eigenvalue weighted by Gasteiger charge is -2.40. The Hall–Kier alpha value is -4.92. The third kappa shape index (κ3) is 7.54. The molecule has 6 rings (SSSR count). The minimum atomic E-state index is -1.36. The summed E-state index contributed by atoms with van der Waals surface area (Å²) in [5.74, 6) is -4.05. The lowest BCUT2D eigenvalue weighted by atomic mass is 9.70. The van der Waals surface area contributed by atoms with Crippen molar-refractivity contribution in [1.29, 1.82) is 0 Å². The molecule has 0 unspecified atom stereocenters. The number of nitrogens with one attached hydrogen (secondary N) is 1. The number of carbonyl (C=O) groups excluding carboxylic acids is 4. The fourth-order valence-electron chi connectivity index (χ4n) is 8.66. The first-order valence-electron chi connectivity index (χ1n) is 19.1. The molecule has 3 aromatic rings. The van der Waals surface area contributed by atoms with Crippen LogP contribution in [0.1, 0.15) is 57.6 Å². The van der Waals surface area contributed by atoms with Crippen LogP contribution in [-0.2, 0) is 40.1 Å². The average Bonchev–Trinajstić information content (AvgIpc) is 3.95. The number of aliphatic hydroxyl groups is 1. The molecule has 3 aliphatic heterocycles. The molecule has 3 aliphatic rings. The van der Waals surface area contributed by atoms with Crippen LogP contribution in [0.15, 0.2) is 79.9 Å². The van der Waals surface area contributed by atoms with Gasteiger partial charge in [0.15, 0.2) is 0 Å². The van der Waals surface area contributed by atoms with Crippen LogP contribution in [0.3, 0.4) is 0 Å². The molecule has 14 heteroatoms. The first kappa shape index (κ1) is 39.8. The van der Waals surface area contributed by atoms with Crippen molar-refractivity contribution in [2.45, 2.75) is 88.6 Å². The van der Waals surface area contributed by atoms with Crippen LogP contribution in [-0.4, -0.2) is 110 Å². The SMILES string of the molecule is C=CCCC(=O)N[C@H](COC)[C@H](OC(=O)[C@@H]1[C@H]2C(=O)N([C@@H](CO)[C@@H](C)CC)[C@H](C(=O)N(CC=C)Cn3nnc4ccccc43)[C@]23CC[C@H]1O3)c1ccccc1.